The molecule has 2 aliphatic heterocycles. The van der Waals surface area contributed by atoms with Crippen molar-refractivity contribution in [1.82, 2.24) is 4.31 Å². The second-order valence-corrected chi connectivity index (χ2v) is 8.85. The molecule has 2 heterocycles. The van der Waals surface area contributed by atoms with E-state index in [4.69, 9.17) is 4.74 Å². The van der Waals surface area contributed by atoms with Crippen LogP contribution in [0.2, 0.25) is 0 Å². The summed E-state index contributed by atoms with van der Waals surface area (Å²) in [6.45, 7) is 10.4. The predicted octanol–water partition coefficient (Wildman–Crippen LogP) is 2.55. The molecule has 5 nitrogen and oxygen atoms in total. The van der Waals surface area contributed by atoms with Gasteiger partial charge in [0.1, 0.15) is 6.04 Å². The molecule has 2 aliphatic rings. The Morgan fingerprint density at radius 3 is 2.04 bits per heavy atom. The van der Waals surface area contributed by atoms with Gasteiger partial charge >= 0.3 is 5.97 Å². The van der Waals surface area contributed by atoms with E-state index in [1.165, 1.54) is 4.31 Å². The van der Waals surface area contributed by atoms with E-state index >= 15 is 0 Å². The van der Waals surface area contributed by atoms with Crippen LogP contribution in [0, 0.1) is 40.5 Å². The molecule has 0 unspecified atom stereocenters. The third kappa shape index (κ3) is 2.39. The minimum absolute atomic E-state index is 0.0780. The van der Waals surface area contributed by atoms with Crippen molar-refractivity contribution in [3.8, 4) is 0 Å². The Hall–Kier alpha value is -1.40. The number of fused-ring (bicyclic) bond motifs is 1. The molecule has 0 amide bonds. The van der Waals surface area contributed by atoms with Gasteiger partial charge in [0.25, 0.3) is 0 Å². The van der Waals surface area contributed by atoms with Crippen molar-refractivity contribution in [3.05, 3.63) is 27.8 Å². The van der Waals surface area contributed by atoms with Crippen LogP contribution in [0.15, 0.2) is 4.90 Å². The molecule has 0 bridgehead atoms. The second kappa shape index (κ2) is 5.85. The second-order valence-electron chi connectivity index (χ2n) is 7.02. The zero-order chi connectivity index (χ0) is 17.8. The summed E-state index contributed by atoms with van der Waals surface area (Å²) in [4.78, 5) is 12.6. The van der Waals surface area contributed by atoms with Gasteiger partial charge in [-0.15, -0.1) is 0 Å². The largest absolute Gasteiger partial charge is 0.464 e. The van der Waals surface area contributed by atoms with Crippen molar-refractivity contribution in [3.63, 3.8) is 0 Å². The molecule has 2 fully saturated rings. The van der Waals surface area contributed by atoms with E-state index in [0.717, 1.165) is 40.7 Å². The fraction of sp³-hybridized carbons (Fsp3) is 0.611. The number of carbonyl (C=O) groups is 1. The third-order valence-electron chi connectivity index (χ3n) is 5.95. The van der Waals surface area contributed by atoms with E-state index in [0.29, 0.717) is 18.0 Å². The minimum Gasteiger partial charge on any atom is -0.464 e. The first-order valence-electron chi connectivity index (χ1n) is 8.43. The van der Waals surface area contributed by atoms with Crippen LogP contribution in [0.4, 0.5) is 0 Å². The highest BCUT2D eigenvalue weighted by molar-refractivity contribution is 7.89. The molecular weight excluding hydrogens is 326 g/mol. The number of sulfonamides is 1. The van der Waals surface area contributed by atoms with Gasteiger partial charge in [0.15, 0.2) is 0 Å². The molecule has 3 rings (SSSR count). The fourth-order valence-corrected chi connectivity index (χ4v) is 6.29. The predicted molar refractivity (Wildman–Crippen MR) is 91.5 cm³/mol. The lowest BCUT2D eigenvalue weighted by atomic mass is 9.95. The molecule has 1 aromatic rings. The van der Waals surface area contributed by atoms with Crippen molar-refractivity contribution in [2.45, 2.75) is 58.4 Å². The van der Waals surface area contributed by atoms with Gasteiger partial charge in [0.2, 0.25) is 10.0 Å². The maximum atomic E-state index is 13.4. The Labute approximate surface area is 144 Å². The van der Waals surface area contributed by atoms with Crippen molar-refractivity contribution >= 4 is 16.0 Å². The van der Waals surface area contributed by atoms with Gasteiger partial charge in [-0.25, -0.2) is 8.42 Å². The molecule has 6 heteroatoms. The monoisotopic (exact) mass is 351 g/mol. The van der Waals surface area contributed by atoms with Crippen LogP contribution >= 0.6 is 0 Å². The molecule has 0 spiro atoms. The Morgan fingerprint density at radius 1 is 0.917 bits per heavy atom. The number of carbonyl (C=O) groups excluding carboxylic acids is 1. The van der Waals surface area contributed by atoms with E-state index in [1.54, 1.807) is 0 Å². The van der Waals surface area contributed by atoms with Crippen LogP contribution in [0.3, 0.4) is 0 Å². The minimum atomic E-state index is -3.73. The number of nitrogens with zero attached hydrogens (tertiary/aromatic N) is 1. The summed E-state index contributed by atoms with van der Waals surface area (Å²) in [5.74, 6) is -0.322. The van der Waals surface area contributed by atoms with E-state index in [-0.39, 0.29) is 5.92 Å². The van der Waals surface area contributed by atoms with Crippen LogP contribution in [0.1, 0.15) is 40.7 Å². The highest BCUT2D eigenvalue weighted by atomic mass is 32.2. The Balaban J connectivity index is 2.14. The summed E-state index contributed by atoms with van der Waals surface area (Å²) < 4.78 is 33.3. The van der Waals surface area contributed by atoms with E-state index in [1.807, 2.05) is 34.6 Å². The number of hydrogen-bond donors (Lipinski definition) is 0. The van der Waals surface area contributed by atoms with Crippen molar-refractivity contribution < 1.29 is 17.9 Å². The number of ether oxygens (including phenoxy) is 1. The Morgan fingerprint density at radius 2 is 1.46 bits per heavy atom. The third-order valence-corrected chi connectivity index (χ3v) is 8.10. The Kier molecular flexibility index (Phi) is 4.24. The number of hydrogen-bond acceptors (Lipinski definition) is 4. The summed E-state index contributed by atoms with van der Waals surface area (Å²) in [6.07, 6.45) is 1.47. The first-order chi connectivity index (χ1) is 11.2. The van der Waals surface area contributed by atoms with Crippen LogP contribution in [0.5, 0.6) is 0 Å². The normalized spacial score (nSPS) is 24.8. The lowest BCUT2D eigenvalue weighted by Gasteiger charge is -2.30. The number of benzene rings is 1. The lowest BCUT2D eigenvalue weighted by Crippen LogP contribution is -2.47. The van der Waals surface area contributed by atoms with Crippen LogP contribution < -0.4 is 0 Å². The van der Waals surface area contributed by atoms with Crippen LogP contribution in [-0.4, -0.2) is 37.9 Å². The van der Waals surface area contributed by atoms with Gasteiger partial charge in [-0.1, -0.05) is 0 Å². The maximum Gasteiger partial charge on any atom is 0.324 e. The van der Waals surface area contributed by atoms with Gasteiger partial charge in [0.05, 0.1) is 11.5 Å². The molecule has 132 valence electrons. The summed E-state index contributed by atoms with van der Waals surface area (Å²) in [7, 11) is -3.73. The molecule has 2 atom stereocenters. The maximum absolute atomic E-state index is 13.4. The van der Waals surface area contributed by atoms with E-state index < -0.39 is 22.0 Å². The molecule has 0 aromatic heterocycles. The van der Waals surface area contributed by atoms with Crippen molar-refractivity contribution in [1.29, 1.82) is 0 Å². The Bertz CT molecular complexity index is 784. The van der Waals surface area contributed by atoms with Crippen LogP contribution in [0.25, 0.3) is 0 Å². The topological polar surface area (TPSA) is 63.7 Å². The molecule has 24 heavy (non-hydrogen) atoms. The number of cyclic esters (lactones) is 1. The fourth-order valence-electron chi connectivity index (χ4n) is 4.07. The van der Waals surface area contributed by atoms with Gasteiger partial charge in [-0.2, -0.15) is 4.31 Å². The quantitative estimate of drug-likeness (QED) is 0.768. The molecule has 2 saturated heterocycles. The van der Waals surface area contributed by atoms with Gasteiger partial charge in [-0.3, -0.25) is 4.79 Å². The molecule has 0 saturated carbocycles. The van der Waals surface area contributed by atoms with Gasteiger partial charge < -0.3 is 4.74 Å². The van der Waals surface area contributed by atoms with Gasteiger partial charge in [0, 0.05) is 6.54 Å². The molecule has 0 aliphatic carbocycles. The summed E-state index contributed by atoms with van der Waals surface area (Å²) in [6, 6.07) is -0.663. The standard InChI is InChI=1S/C18H25NO4S/c1-10-11(2)13(4)17(14(5)12(10)3)24(21,22)19-8-6-15-7-9-23-18(20)16(15)19/h15-16H,6-9H2,1-5H3/t15-,16-/m1/s1. The van der Waals surface area contributed by atoms with E-state index in [2.05, 4.69) is 0 Å². The van der Waals surface area contributed by atoms with E-state index in [9.17, 15) is 13.2 Å². The van der Waals surface area contributed by atoms with Crippen molar-refractivity contribution in [2.75, 3.05) is 13.2 Å². The van der Waals surface area contributed by atoms with Crippen LogP contribution in [-0.2, 0) is 19.6 Å². The SMILES string of the molecule is Cc1c(C)c(C)c(S(=O)(=O)N2CC[C@@H]3CCOC(=O)[C@@H]32)c(C)c1C. The summed E-state index contributed by atoms with van der Waals surface area (Å²) in [5.41, 5.74) is 4.68. The molecule has 0 radical (unpaired) electrons. The number of rotatable bonds is 2. The lowest BCUT2D eigenvalue weighted by molar-refractivity contribution is -0.153. The van der Waals surface area contributed by atoms with Crippen molar-refractivity contribution in [2.24, 2.45) is 5.92 Å². The molecular formula is C18H25NO4S. The van der Waals surface area contributed by atoms with Gasteiger partial charge in [-0.05, 0) is 81.2 Å². The highest BCUT2D eigenvalue weighted by Crippen LogP contribution is 2.38. The molecule has 1 aromatic carbocycles. The first-order valence-corrected chi connectivity index (χ1v) is 9.87. The highest BCUT2D eigenvalue weighted by Gasteiger charge is 2.49. The summed E-state index contributed by atoms with van der Waals surface area (Å²) >= 11 is 0. The average Bonchev–Trinajstić information content (AvgIpc) is 2.97. The average molecular weight is 351 g/mol. The smallest absolute Gasteiger partial charge is 0.324 e. The summed E-state index contributed by atoms with van der Waals surface area (Å²) in [5, 5.41) is 0. The number of esters is 1. The zero-order valence-corrected chi connectivity index (χ0v) is 15.8. The molecule has 0 N–H and O–H groups in total. The first kappa shape index (κ1) is 17.4. The zero-order valence-electron chi connectivity index (χ0n) is 15.0.